The van der Waals surface area contributed by atoms with Gasteiger partial charge in [0, 0.05) is 11.6 Å². The van der Waals surface area contributed by atoms with Gasteiger partial charge in [-0.05, 0) is 24.6 Å². The summed E-state index contributed by atoms with van der Waals surface area (Å²) in [6.07, 6.45) is -2.99. The molecular formula is C18H15F3N4OS. The molecule has 5 nitrogen and oxygen atoms in total. The van der Waals surface area contributed by atoms with E-state index in [-0.39, 0.29) is 6.54 Å². The van der Waals surface area contributed by atoms with Crippen LogP contribution in [0.3, 0.4) is 0 Å². The molecule has 0 amide bonds. The fourth-order valence-electron chi connectivity index (χ4n) is 2.44. The first kappa shape index (κ1) is 19.0. The van der Waals surface area contributed by atoms with Gasteiger partial charge in [-0.1, -0.05) is 23.9 Å². The first-order valence-corrected chi connectivity index (χ1v) is 8.27. The second-order valence-corrected chi connectivity index (χ2v) is 6.23. The van der Waals surface area contributed by atoms with Crippen LogP contribution in [0.15, 0.2) is 52.8 Å². The number of benzene rings is 1. The summed E-state index contributed by atoms with van der Waals surface area (Å²) in [6.45, 7) is 5.98. The van der Waals surface area contributed by atoms with Crippen LogP contribution in [0.1, 0.15) is 23.8 Å². The third kappa shape index (κ3) is 4.30. The van der Waals surface area contributed by atoms with E-state index in [9.17, 15) is 13.2 Å². The quantitative estimate of drug-likeness (QED) is 0.468. The maximum atomic E-state index is 12.6. The number of anilines is 1. The van der Waals surface area contributed by atoms with Gasteiger partial charge in [0.15, 0.2) is 5.76 Å². The molecule has 0 saturated carbocycles. The predicted octanol–water partition coefficient (Wildman–Crippen LogP) is 5.08. The number of halogens is 3. The summed E-state index contributed by atoms with van der Waals surface area (Å²) in [5, 5.41) is 7.51. The van der Waals surface area contributed by atoms with Crippen LogP contribution in [0.25, 0.3) is 16.8 Å². The molecular weight excluding hydrogens is 377 g/mol. The molecule has 9 heteroatoms. The Morgan fingerprint density at radius 1 is 1.22 bits per heavy atom. The molecule has 140 valence electrons. The first-order chi connectivity index (χ1) is 12.8. The average Bonchev–Trinajstić information content (AvgIpc) is 3.08. The Kier molecular flexibility index (Phi) is 5.22. The lowest BCUT2D eigenvalue weighted by molar-refractivity contribution is -0.137. The van der Waals surface area contributed by atoms with Gasteiger partial charge >= 0.3 is 6.18 Å². The molecule has 0 aliphatic rings. The van der Waals surface area contributed by atoms with Crippen LogP contribution in [-0.4, -0.2) is 15.1 Å². The number of allylic oxidation sites excluding steroid dienone is 1. The summed E-state index contributed by atoms with van der Waals surface area (Å²) >= 11 is 4.30. The molecule has 1 aromatic carbocycles. The molecule has 27 heavy (non-hydrogen) atoms. The highest BCUT2D eigenvalue weighted by atomic mass is 32.1. The normalized spacial score (nSPS) is 11.4. The van der Waals surface area contributed by atoms with Crippen molar-refractivity contribution in [2.75, 3.05) is 5.32 Å². The van der Waals surface area contributed by atoms with E-state index in [1.165, 1.54) is 18.5 Å². The summed E-state index contributed by atoms with van der Waals surface area (Å²) in [5.41, 5.74) is 1.71. The van der Waals surface area contributed by atoms with Crippen molar-refractivity contribution < 1.29 is 17.7 Å². The summed E-state index contributed by atoms with van der Waals surface area (Å²) in [7, 11) is 0. The summed E-state index contributed by atoms with van der Waals surface area (Å²) in [6, 6.07) is 6.38. The largest absolute Gasteiger partial charge is 0.416 e. The highest BCUT2D eigenvalue weighted by molar-refractivity contribution is 7.80. The van der Waals surface area contributed by atoms with E-state index in [1.54, 1.807) is 6.07 Å². The van der Waals surface area contributed by atoms with Gasteiger partial charge in [-0.25, -0.2) is 9.97 Å². The molecule has 3 aromatic rings. The average molecular weight is 392 g/mol. The zero-order chi connectivity index (χ0) is 19.6. The van der Waals surface area contributed by atoms with E-state index >= 15 is 0 Å². The van der Waals surface area contributed by atoms with Gasteiger partial charge in [0.1, 0.15) is 22.9 Å². The van der Waals surface area contributed by atoms with Crippen LogP contribution < -0.4 is 5.32 Å². The van der Waals surface area contributed by atoms with Crippen molar-refractivity contribution in [3.63, 3.8) is 0 Å². The topological polar surface area (TPSA) is 63.8 Å². The highest BCUT2D eigenvalue weighted by Crippen LogP contribution is 2.31. The summed E-state index contributed by atoms with van der Waals surface area (Å²) < 4.78 is 43.2. The van der Waals surface area contributed by atoms with E-state index in [0.29, 0.717) is 33.4 Å². The fourth-order valence-corrected chi connectivity index (χ4v) is 2.78. The third-order valence-corrected chi connectivity index (χ3v) is 4.09. The predicted molar refractivity (Wildman–Crippen MR) is 98.3 cm³/mol. The second-order valence-electron chi connectivity index (χ2n) is 5.81. The maximum Gasteiger partial charge on any atom is 0.416 e. The van der Waals surface area contributed by atoms with Gasteiger partial charge < -0.3 is 9.84 Å². The molecule has 0 atom stereocenters. The van der Waals surface area contributed by atoms with Gasteiger partial charge in [0.05, 0.1) is 17.7 Å². The van der Waals surface area contributed by atoms with Crippen LogP contribution in [0.5, 0.6) is 0 Å². The smallest absolute Gasteiger partial charge is 0.362 e. The molecule has 0 aliphatic carbocycles. The second kappa shape index (κ2) is 7.43. The molecule has 0 saturated heterocycles. The van der Waals surface area contributed by atoms with Crippen LogP contribution in [0.4, 0.5) is 19.0 Å². The number of alkyl halides is 3. The Labute approximate surface area is 158 Å². The molecule has 0 spiro atoms. The van der Waals surface area contributed by atoms with Gasteiger partial charge in [-0.2, -0.15) is 13.2 Å². The first-order valence-electron chi connectivity index (χ1n) is 7.82. The van der Waals surface area contributed by atoms with Crippen LogP contribution in [0, 0.1) is 0 Å². The number of aromatic nitrogens is 3. The number of thiol groups is 1. The zero-order valence-corrected chi connectivity index (χ0v) is 15.1. The van der Waals surface area contributed by atoms with Crippen molar-refractivity contribution in [3.05, 3.63) is 60.1 Å². The minimum atomic E-state index is -4.37. The number of hydrogen-bond acceptors (Lipinski definition) is 6. The van der Waals surface area contributed by atoms with Gasteiger partial charge in [-0.15, -0.1) is 12.6 Å². The van der Waals surface area contributed by atoms with Gasteiger partial charge in [0.25, 0.3) is 0 Å². The molecule has 0 bridgehead atoms. The van der Waals surface area contributed by atoms with Crippen molar-refractivity contribution in [3.8, 4) is 11.3 Å². The monoisotopic (exact) mass is 392 g/mol. The minimum absolute atomic E-state index is 0.276. The number of nitrogens with zero attached hydrogens (tertiary/aromatic N) is 3. The summed E-state index contributed by atoms with van der Waals surface area (Å²) in [4.78, 5) is 8.19. The Hall–Kier alpha value is -2.81. The number of hydrogen-bond donors (Lipinski definition) is 2. The summed E-state index contributed by atoms with van der Waals surface area (Å²) in [5.74, 6) is 1.05. The fraction of sp³-hybridized carbons (Fsp3) is 0.167. The van der Waals surface area contributed by atoms with E-state index in [0.717, 1.165) is 17.7 Å². The Balaban J connectivity index is 1.74. The molecule has 3 rings (SSSR count). The standard InChI is InChI=1S/C18H15F3N4OS/c1-10(2)15-16(23-9-24-17(15)27)22-8-13-7-14(25-26-13)11-3-5-12(6-4-11)18(19,20)21/h3-7,9H,1,8H2,2H3,(H2,22,23,24,27). The van der Waals surface area contributed by atoms with Crippen LogP contribution in [-0.2, 0) is 12.7 Å². The van der Waals surface area contributed by atoms with Gasteiger partial charge in [-0.3, -0.25) is 0 Å². The van der Waals surface area contributed by atoms with Crippen molar-refractivity contribution in [1.82, 2.24) is 15.1 Å². The molecule has 0 aliphatic heterocycles. The molecule has 2 heterocycles. The van der Waals surface area contributed by atoms with Gasteiger partial charge in [0.2, 0.25) is 0 Å². The highest BCUT2D eigenvalue weighted by Gasteiger charge is 2.30. The molecule has 2 aromatic heterocycles. The van der Waals surface area contributed by atoms with Crippen molar-refractivity contribution in [2.45, 2.75) is 24.7 Å². The molecule has 0 unspecified atom stereocenters. The molecule has 0 fully saturated rings. The molecule has 1 N–H and O–H groups in total. The molecule has 0 radical (unpaired) electrons. The minimum Gasteiger partial charge on any atom is -0.362 e. The Bertz CT molecular complexity index is 967. The lowest BCUT2D eigenvalue weighted by atomic mass is 10.1. The van der Waals surface area contributed by atoms with Crippen LogP contribution >= 0.6 is 12.6 Å². The number of rotatable bonds is 5. The number of nitrogens with one attached hydrogen (secondary N) is 1. The SMILES string of the molecule is C=C(C)c1c(S)ncnc1NCc1cc(-c2ccc(C(F)(F)F)cc2)no1. The van der Waals surface area contributed by atoms with Crippen LogP contribution in [0.2, 0.25) is 0 Å². The zero-order valence-electron chi connectivity index (χ0n) is 14.2. The third-order valence-electron chi connectivity index (χ3n) is 3.75. The Morgan fingerprint density at radius 3 is 2.56 bits per heavy atom. The van der Waals surface area contributed by atoms with E-state index < -0.39 is 11.7 Å². The lowest BCUT2D eigenvalue weighted by Gasteiger charge is -2.10. The Morgan fingerprint density at radius 2 is 1.93 bits per heavy atom. The van der Waals surface area contributed by atoms with Crippen molar-refractivity contribution in [1.29, 1.82) is 0 Å². The van der Waals surface area contributed by atoms with E-state index in [2.05, 4.69) is 39.6 Å². The lowest BCUT2D eigenvalue weighted by Crippen LogP contribution is -2.05. The van der Waals surface area contributed by atoms with E-state index in [4.69, 9.17) is 4.52 Å². The van der Waals surface area contributed by atoms with Crippen molar-refractivity contribution in [2.24, 2.45) is 0 Å². The van der Waals surface area contributed by atoms with E-state index in [1.807, 2.05) is 6.92 Å². The maximum absolute atomic E-state index is 12.6. The van der Waals surface area contributed by atoms with Crippen molar-refractivity contribution >= 4 is 24.0 Å².